The Labute approximate surface area is 73.0 Å². The summed E-state index contributed by atoms with van der Waals surface area (Å²) in [6, 6.07) is 0.0345. The minimum atomic E-state index is 0.0345. The predicted octanol–water partition coefficient (Wildman–Crippen LogP) is 0.0714. The molecule has 1 amide bonds. The molecular weight excluding hydrogens is 176 g/mol. The molecular formula is C6H8N4OS. The van der Waals surface area contributed by atoms with Crippen LogP contribution in [0.3, 0.4) is 0 Å². The molecule has 5 nitrogen and oxygen atoms in total. The lowest BCUT2D eigenvalue weighted by molar-refractivity contribution is -0.119. The number of hydrogen-bond donors (Lipinski definition) is 2. The Bertz CT molecular complexity index is 310. The summed E-state index contributed by atoms with van der Waals surface area (Å²) in [5.41, 5.74) is 5.41. The Balaban J connectivity index is 2.15. The lowest BCUT2D eigenvalue weighted by atomic mass is 10.2. The monoisotopic (exact) mass is 184 g/mol. The molecule has 3 N–H and O–H groups in total. The number of anilines is 1. The molecule has 0 aliphatic carbocycles. The van der Waals surface area contributed by atoms with Gasteiger partial charge in [0.05, 0.1) is 6.04 Å². The molecule has 64 valence electrons. The SMILES string of the molecule is Nc1nnc([C@H]2CCC(=O)N2)s1. The van der Waals surface area contributed by atoms with Crippen LogP contribution in [0.25, 0.3) is 0 Å². The lowest BCUT2D eigenvalue weighted by Crippen LogP contribution is -2.17. The van der Waals surface area contributed by atoms with Crippen LogP contribution < -0.4 is 11.1 Å². The molecule has 6 heteroatoms. The number of rotatable bonds is 1. The second-order valence-corrected chi connectivity index (χ2v) is 3.68. The van der Waals surface area contributed by atoms with Gasteiger partial charge in [0.2, 0.25) is 11.0 Å². The van der Waals surface area contributed by atoms with Gasteiger partial charge >= 0.3 is 0 Å². The van der Waals surface area contributed by atoms with Gasteiger partial charge in [0, 0.05) is 6.42 Å². The molecule has 1 saturated heterocycles. The topological polar surface area (TPSA) is 80.9 Å². The van der Waals surface area contributed by atoms with E-state index in [4.69, 9.17) is 5.73 Å². The summed E-state index contributed by atoms with van der Waals surface area (Å²) in [5, 5.41) is 11.6. The van der Waals surface area contributed by atoms with E-state index in [9.17, 15) is 4.79 Å². The van der Waals surface area contributed by atoms with Crippen LogP contribution in [0.2, 0.25) is 0 Å². The molecule has 0 unspecified atom stereocenters. The maximum atomic E-state index is 10.8. The van der Waals surface area contributed by atoms with Crippen LogP contribution in [0.5, 0.6) is 0 Å². The third kappa shape index (κ3) is 1.25. The zero-order valence-corrected chi connectivity index (χ0v) is 7.10. The third-order valence-electron chi connectivity index (χ3n) is 1.75. The van der Waals surface area contributed by atoms with Crippen LogP contribution in [0.1, 0.15) is 23.9 Å². The highest BCUT2D eigenvalue weighted by molar-refractivity contribution is 7.15. The quantitative estimate of drug-likeness (QED) is 0.647. The minimum absolute atomic E-state index is 0.0345. The number of aromatic nitrogens is 2. The van der Waals surface area contributed by atoms with Crippen molar-refractivity contribution in [2.45, 2.75) is 18.9 Å². The smallest absolute Gasteiger partial charge is 0.220 e. The fourth-order valence-corrected chi connectivity index (χ4v) is 1.88. The first-order valence-corrected chi connectivity index (χ1v) is 4.45. The van der Waals surface area contributed by atoms with Crippen molar-refractivity contribution in [2.24, 2.45) is 0 Å². The van der Waals surface area contributed by atoms with E-state index < -0.39 is 0 Å². The summed E-state index contributed by atoms with van der Waals surface area (Å²) in [7, 11) is 0. The number of hydrogen-bond acceptors (Lipinski definition) is 5. The van der Waals surface area contributed by atoms with Gasteiger partial charge in [0.1, 0.15) is 5.01 Å². The van der Waals surface area contributed by atoms with E-state index in [-0.39, 0.29) is 11.9 Å². The first kappa shape index (κ1) is 7.48. The van der Waals surface area contributed by atoms with E-state index >= 15 is 0 Å². The van der Waals surface area contributed by atoms with E-state index in [1.165, 1.54) is 11.3 Å². The highest BCUT2D eigenvalue weighted by atomic mass is 32.1. The van der Waals surface area contributed by atoms with Crippen LogP contribution in [0.15, 0.2) is 0 Å². The van der Waals surface area contributed by atoms with Crippen molar-refractivity contribution in [1.29, 1.82) is 0 Å². The summed E-state index contributed by atoms with van der Waals surface area (Å²) >= 11 is 1.33. The van der Waals surface area contributed by atoms with E-state index in [0.717, 1.165) is 11.4 Å². The van der Waals surface area contributed by atoms with Gasteiger partial charge in [0.25, 0.3) is 0 Å². The number of nitrogen functional groups attached to an aromatic ring is 1. The zero-order chi connectivity index (χ0) is 8.55. The van der Waals surface area contributed by atoms with E-state index in [1.54, 1.807) is 0 Å². The van der Waals surface area contributed by atoms with Crippen molar-refractivity contribution >= 4 is 22.4 Å². The van der Waals surface area contributed by atoms with Crippen molar-refractivity contribution in [3.63, 3.8) is 0 Å². The van der Waals surface area contributed by atoms with Gasteiger partial charge in [-0.3, -0.25) is 4.79 Å². The molecule has 1 aromatic heterocycles. The van der Waals surface area contributed by atoms with Gasteiger partial charge in [-0.25, -0.2) is 0 Å². The Morgan fingerprint density at radius 3 is 2.92 bits per heavy atom. The van der Waals surface area contributed by atoms with Gasteiger partial charge in [-0.1, -0.05) is 11.3 Å². The Hall–Kier alpha value is -1.17. The zero-order valence-electron chi connectivity index (χ0n) is 6.28. The number of amides is 1. The second kappa shape index (κ2) is 2.71. The average molecular weight is 184 g/mol. The first-order valence-electron chi connectivity index (χ1n) is 3.64. The molecule has 0 spiro atoms. The molecule has 1 aromatic rings. The Kier molecular flexibility index (Phi) is 1.69. The number of nitrogens with one attached hydrogen (secondary N) is 1. The molecule has 2 rings (SSSR count). The predicted molar refractivity (Wildman–Crippen MR) is 44.4 cm³/mol. The van der Waals surface area contributed by atoms with Crippen LogP contribution in [-0.2, 0) is 4.79 Å². The molecule has 1 atom stereocenters. The van der Waals surface area contributed by atoms with Crippen LogP contribution in [0, 0.1) is 0 Å². The summed E-state index contributed by atoms with van der Waals surface area (Å²) in [4.78, 5) is 10.8. The van der Waals surface area contributed by atoms with Crippen molar-refractivity contribution in [2.75, 3.05) is 5.73 Å². The highest BCUT2D eigenvalue weighted by Gasteiger charge is 2.25. The largest absolute Gasteiger partial charge is 0.374 e. The van der Waals surface area contributed by atoms with Gasteiger partial charge in [-0.15, -0.1) is 10.2 Å². The molecule has 1 aliphatic rings. The molecule has 1 fully saturated rings. The molecule has 0 aromatic carbocycles. The summed E-state index contributed by atoms with van der Waals surface area (Å²) in [5.74, 6) is 0.0776. The van der Waals surface area contributed by atoms with Gasteiger partial charge in [0.15, 0.2) is 0 Å². The van der Waals surface area contributed by atoms with Crippen molar-refractivity contribution in [3.05, 3.63) is 5.01 Å². The van der Waals surface area contributed by atoms with Gasteiger partial charge in [-0.2, -0.15) is 0 Å². The Morgan fingerprint density at radius 1 is 1.58 bits per heavy atom. The third-order valence-corrected chi connectivity index (χ3v) is 2.62. The van der Waals surface area contributed by atoms with Crippen LogP contribution in [0.4, 0.5) is 5.13 Å². The molecule has 1 aliphatic heterocycles. The lowest BCUT2D eigenvalue weighted by Gasteiger charge is -2.02. The van der Waals surface area contributed by atoms with E-state index in [0.29, 0.717) is 11.6 Å². The van der Waals surface area contributed by atoms with Gasteiger partial charge < -0.3 is 11.1 Å². The highest BCUT2D eigenvalue weighted by Crippen LogP contribution is 2.26. The molecule has 0 bridgehead atoms. The normalized spacial score (nSPS) is 22.7. The number of carbonyl (C=O) groups excluding carboxylic acids is 1. The fraction of sp³-hybridized carbons (Fsp3) is 0.500. The van der Waals surface area contributed by atoms with E-state index in [1.807, 2.05) is 0 Å². The van der Waals surface area contributed by atoms with Crippen molar-refractivity contribution in [1.82, 2.24) is 15.5 Å². The molecule has 0 saturated carbocycles. The maximum Gasteiger partial charge on any atom is 0.220 e. The molecule has 2 heterocycles. The average Bonchev–Trinajstić information content (AvgIpc) is 2.58. The van der Waals surface area contributed by atoms with Gasteiger partial charge in [-0.05, 0) is 6.42 Å². The van der Waals surface area contributed by atoms with Crippen molar-refractivity contribution < 1.29 is 4.79 Å². The standard InChI is InChI=1S/C6H8N4OS/c7-6-10-9-5(12-6)3-1-2-4(11)8-3/h3H,1-2H2,(H2,7,10)(H,8,11)/t3-/m1/s1. The fourth-order valence-electron chi connectivity index (χ4n) is 1.19. The van der Waals surface area contributed by atoms with Crippen LogP contribution in [-0.4, -0.2) is 16.1 Å². The van der Waals surface area contributed by atoms with Crippen LogP contribution >= 0.6 is 11.3 Å². The molecule has 12 heavy (non-hydrogen) atoms. The number of nitrogens with two attached hydrogens (primary N) is 1. The Morgan fingerprint density at radius 2 is 2.42 bits per heavy atom. The first-order chi connectivity index (χ1) is 5.75. The van der Waals surface area contributed by atoms with Crippen molar-refractivity contribution in [3.8, 4) is 0 Å². The molecule has 0 radical (unpaired) electrons. The van der Waals surface area contributed by atoms with E-state index in [2.05, 4.69) is 15.5 Å². The minimum Gasteiger partial charge on any atom is -0.374 e. The summed E-state index contributed by atoms with van der Waals surface area (Å²) in [6.07, 6.45) is 1.37. The maximum absolute atomic E-state index is 10.8. The number of carbonyl (C=O) groups is 1. The summed E-state index contributed by atoms with van der Waals surface area (Å²) in [6.45, 7) is 0. The summed E-state index contributed by atoms with van der Waals surface area (Å²) < 4.78 is 0. The second-order valence-electron chi connectivity index (χ2n) is 2.64. The number of nitrogens with zero attached hydrogens (tertiary/aromatic N) is 2.